The Morgan fingerprint density at radius 2 is 1.84 bits per heavy atom. The van der Waals surface area contributed by atoms with Gasteiger partial charge in [-0.1, -0.05) is 29.8 Å². The van der Waals surface area contributed by atoms with E-state index in [1.807, 2.05) is 6.07 Å². The van der Waals surface area contributed by atoms with Crippen LogP contribution < -0.4 is 5.32 Å². The van der Waals surface area contributed by atoms with Crippen molar-refractivity contribution in [3.8, 4) is 0 Å². The second kappa shape index (κ2) is 6.94. The number of carbonyl (C=O) groups excluding carboxylic acids is 1. The third kappa shape index (κ3) is 3.52. The number of hydrogen-bond acceptors (Lipinski definition) is 4. The Hall–Kier alpha value is -1.63. The van der Waals surface area contributed by atoms with Gasteiger partial charge in [0.15, 0.2) is 0 Å². The van der Waals surface area contributed by atoms with Crippen LogP contribution >= 0.6 is 31.3 Å². The number of rotatable bonds is 4. The molecule has 0 saturated heterocycles. The minimum atomic E-state index is -3.83. The van der Waals surface area contributed by atoms with E-state index in [0.717, 1.165) is 0 Å². The molecule has 25 heavy (non-hydrogen) atoms. The van der Waals surface area contributed by atoms with E-state index in [2.05, 4.69) is 5.32 Å². The third-order valence-corrected chi connectivity index (χ3v) is 6.07. The first-order chi connectivity index (χ1) is 11.8. The molecule has 130 valence electrons. The van der Waals surface area contributed by atoms with Crippen molar-refractivity contribution < 1.29 is 23.4 Å². The molecule has 3 aromatic rings. The van der Waals surface area contributed by atoms with Crippen molar-refractivity contribution in [2.45, 2.75) is 5.66 Å². The van der Waals surface area contributed by atoms with Crippen LogP contribution in [0.3, 0.4) is 0 Å². The summed E-state index contributed by atoms with van der Waals surface area (Å²) in [5.41, 5.74) is -2.98. The van der Waals surface area contributed by atoms with E-state index in [-0.39, 0.29) is 16.0 Å². The van der Waals surface area contributed by atoms with Crippen LogP contribution in [0.1, 0.15) is 15.2 Å². The zero-order valence-corrected chi connectivity index (χ0v) is 14.9. The molecule has 1 aromatic heterocycles. The average Bonchev–Trinajstić information content (AvgIpc) is 2.92. The van der Waals surface area contributed by atoms with Crippen molar-refractivity contribution in [3.63, 3.8) is 0 Å². The van der Waals surface area contributed by atoms with Gasteiger partial charge < -0.3 is 15.1 Å². The summed E-state index contributed by atoms with van der Waals surface area (Å²) in [6.07, 6.45) is 0. The van der Waals surface area contributed by atoms with Crippen molar-refractivity contribution in [1.82, 2.24) is 0 Å². The summed E-state index contributed by atoms with van der Waals surface area (Å²) in [6, 6.07) is 13.2. The van der Waals surface area contributed by atoms with Gasteiger partial charge in [-0.2, -0.15) is 8.78 Å². The maximum Gasteiger partial charge on any atom is 0.349 e. The second-order valence-electron chi connectivity index (χ2n) is 5.11. The highest BCUT2D eigenvalue weighted by molar-refractivity contribution is 7.46. The summed E-state index contributed by atoms with van der Waals surface area (Å²) in [7, 11) is -3.51. The fourth-order valence-corrected chi connectivity index (χ4v) is 4.36. The van der Waals surface area contributed by atoms with Gasteiger partial charge in [0, 0.05) is 21.3 Å². The molecular weight excluding hydrogens is 391 g/mol. The van der Waals surface area contributed by atoms with Gasteiger partial charge in [0.25, 0.3) is 5.91 Å². The number of benzene rings is 2. The van der Waals surface area contributed by atoms with Crippen molar-refractivity contribution in [1.29, 1.82) is 0 Å². The van der Waals surface area contributed by atoms with Gasteiger partial charge in [-0.25, -0.2) is 0 Å². The van der Waals surface area contributed by atoms with Crippen molar-refractivity contribution in [2.75, 3.05) is 5.32 Å². The second-order valence-corrected chi connectivity index (χ2v) is 7.68. The van der Waals surface area contributed by atoms with Gasteiger partial charge in [0.1, 0.15) is 4.88 Å². The molecule has 0 aliphatic rings. The average molecular weight is 402 g/mol. The Bertz CT molecular complexity index is 934. The van der Waals surface area contributed by atoms with E-state index in [0.29, 0.717) is 21.7 Å². The highest BCUT2D eigenvalue weighted by atomic mass is 35.5. The predicted octanol–water partition coefficient (Wildman–Crippen LogP) is 5.15. The number of thiophene rings is 1. The number of para-hydroxylation sites is 1. The minimum Gasteiger partial charge on any atom is -0.346 e. The Balaban J connectivity index is 1.97. The summed E-state index contributed by atoms with van der Waals surface area (Å²) in [6.45, 7) is 0. The standard InChI is InChI=1S/C16H11ClF2NO3PS/c17-13-11-8-9(15(21)20-10-4-2-1-3-5-10)6-7-12(11)25-14(13)16(18,19)24(22)23/h1-8,22-23H,(H,20,21). The summed E-state index contributed by atoms with van der Waals surface area (Å²) >= 11 is 6.68. The summed E-state index contributed by atoms with van der Waals surface area (Å²) < 4.78 is 28.2. The van der Waals surface area contributed by atoms with Gasteiger partial charge in [-0.3, -0.25) is 4.79 Å². The van der Waals surface area contributed by atoms with Gasteiger partial charge in [-0.15, -0.1) is 11.3 Å². The number of alkyl halides is 2. The first-order valence-corrected chi connectivity index (χ1v) is 9.39. The van der Waals surface area contributed by atoms with Crippen LogP contribution in [0.5, 0.6) is 0 Å². The number of halogens is 3. The molecule has 0 fully saturated rings. The maximum absolute atomic E-state index is 13.9. The first kappa shape index (κ1) is 18.2. The number of hydrogen-bond donors (Lipinski definition) is 3. The van der Waals surface area contributed by atoms with Crippen LogP contribution in [0.15, 0.2) is 48.5 Å². The van der Waals surface area contributed by atoms with Gasteiger partial charge >= 0.3 is 5.66 Å². The number of fused-ring (bicyclic) bond motifs is 1. The van der Waals surface area contributed by atoms with E-state index >= 15 is 0 Å². The zero-order valence-electron chi connectivity index (χ0n) is 12.4. The van der Waals surface area contributed by atoms with Crippen LogP contribution in [-0.2, 0) is 5.66 Å². The molecular formula is C16H11ClF2NO3PS. The number of carbonyl (C=O) groups is 1. The molecule has 1 heterocycles. The molecule has 0 radical (unpaired) electrons. The molecule has 0 saturated carbocycles. The number of nitrogens with one attached hydrogen (secondary N) is 1. The van der Waals surface area contributed by atoms with Crippen molar-refractivity contribution >= 4 is 53.0 Å². The Morgan fingerprint density at radius 3 is 2.48 bits per heavy atom. The lowest BCUT2D eigenvalue weighted by Gasteiger charge is -2.15. The number of anilines is 1. The molecule has 0 bridgehead atoms. The van der Waals surface area contributed by atoms with Crippen LogP contribution in [-0.4, -0.2) is 15.7 Å². The molecule has 0 unspecified atom stereocenters. The van der Waals surface area contributed by atoms with E-state index in [1.165, 1.54) is 18.2 Å². The lowest BCUT2D eigenvalue weighted by Crippen LogP contribution is -2.11. The Labute approximate surface area is 151 Å². The highest BCUT2D eigenvalue weighted by Crippen LogP contribution is 2.57. The molecule has 3 rings (SSSR count). The summed E-state index contributed by atoms with van der Waals surface area (Å²) in [5, 5.41) is 2.67. The van der Waals surface area contributed by atoms with E-state index in [1.54, 1.807) is 24.3 Å². The lowest BCUT2D eigenvalue weighted by atomic mass is 10.1. The highest BCUT2D eigenvalue weighted by Gasteiger charge is 2.44. The molecule has 0 aliphatic carbocycles. The quantitative estimate of drug-likeness (QED) is 0.529. The summed E-state index contributed by atoms with van der Waals surface area (Å²) in [5.74, 6) is -0.407. The Kier molecular flexibility index (Phi) is 5.04. The zero-order chi connectivity index (χ0) is 18.2. The van der Waals surface area contributed by atoms with Gasteiger partial charge in [0.2, 0.25) is 8.38 Å². The monoisotopic (exact) mass is 401 g/mol. The van der Waals surface area contributed by atoms with Crippen LogP contribution in [0, 0.1) is 0 Å². The molecule has 2 aromatic carbocycles. The molecule has 0 atom stereocenters. The van der Waals surface area contributed by atoms with E-state index < -0.39 is 24.8 Å². The fraction of sp³-hybridized carbons (Fsp3) is 0.0625. The summed E-state index contributed by atoms with van der Waals surface area (Å²) in [4.78, 5) is 29.6. The fourth-order valence-electron chi connectivity index (χ4n) is 2.22. The Morgan fingerprint density at radius 1 is 1.16 bits per heavy atom. The topological polar surface area (TPSA) is 69.6 Å². The van der Waals surface area contributed by atoms with E-state index in [4.69, 9.17) is 21.4 Å². The maximum atomic E-state index is 13.9. The van der Waals surface area contributed by atoms with Gasteiger partial charge in [0.05, 0.1) is 5.02 Å². The molecule has 0 spiro atoms. The normalized spacial score (nSPS) is 11.9. The van der Waals surface area contributed by atoms with Gasteiger partial charge in [-0.05, 0) is 30.3 Å². The number of amides is 1. The van der Waals surface area contributed by atoms with E-state index in [9.17, 15) is 13.6 Å². The third-order valence-electron chi connectivity index (χ3n) is 3.45. The van der Waals surface area contributed by atoms with Crippen molar-refractivity contribution in [2.24, 2.45) is 0 Å². The molecule has 9 heteroatoms. The van der Waals surface area contributed by atoms with Crippen LogP contribution in [0.4, 0.5) is 14.5 Å². The predicted molar refractivity (Wildman–Crippen MR) is 96.5 cm³/mol. The molecule has 1 amide bonds. The minimum absolute atomic E-state index is 0.251. The largest absolute Gasteiger partial charge is 0.349 e. The van der Waals surface area contributed by atoms with Crippen LogP contribution in [0.2, 0.25) is 5.02 Å². The molecule has 0 aliphatic heterocycles. The first-order valence-electron chi connectivity index (χ1n) is 6.95. The SMILES string of the molecule is O=C(Nc1ccccc1)c1ccc2sc(C(F)(F)P(O)O)c(Cl)c2c1. The molecule has 4 nitrogen and oxygen atoms in total. The lowest BCUT2D eigenvalue weighted by molar-refractivity contribution is 0.0773. The van der Waals surface area contributed by atoms with Crippen LogP contribution in [0.25, 0.3) is 10.1 Å². The molecule has 3 N–H and O–H groups in total. The smallest absolute Gasteiger partial charge is 0.346 e. The van der Waals surface area contributed by atoms with Crippen molar-refractivity contribution in [3.05, 3.63) is 64.0 Å².